The second kappa shape index (κ2) is 4.41. The van der Waals surface area contributed by atoms with Crippen LogP contribution in [0.2, 0.25) is 0 Å². The number of halogens is 1. The molecule has 4 heteroatoms. The topological polar surface area (TPSA) is 26.0 Å². The largest absolute Gasteiger partial charge is 0.468 e. The summed E-state index contributed by atoms with van der Waals surface area (Å²) in [5, 5.41) is 0.963. The minimum Gasteiger partial charge on any atom is -0.468 e. The van der Waals surface area contributed by atoms with E-state index in [1.54, 1.807) is 18.0 Å². The monoisotopic (exact) mass is 283 g/mol. The van der Waals surface area contributed by atoms with E-state index in [1.807, 2.05) is 26.1 Å². The van der Waals surface area contributed by atoms with Crippen molar-refractivity contribution in [2.24, 2.45) is 0 Å². The fraction of sp³-hybridized carbons (Fsp3) is 0.182. The Kier molecular flexibility index (Phi) is 3.17. The molecule has 0 amide bonds. The summed E-state index contributed by atoms with van der Waals surface area (Å²) in [6.45, 7) is 3.97. The molecule has 78 valence electrons. The lowest BCUT2D eigenvalue weighted by Gasteiger charge is -2.02. The molecule has 0 aliphatic heterocycles. The number of pyridine rings is 1. The number of aromatic nitrogens is 1. The maximum atomic E-state index is 5.24. The first kappa shape index (κ1) is 10.8. The molecule has 0 atom stereocenters. The van der Waals surface area contributed by atoms with E-state index in [2.05, 4.69) is 27.0 Å². The van der Waals surface area contributed by atoms with Crippen molar-refractivity contribution < 1.29 is 4.42 Å². The van der Waals surface area contributed by atoms with Crippen molar-refractivity contribution in [2.75, 3.05) is 0 Å². The van der Waals surface area contributed by atoms with Crippen LogP contribution in [-0.2, 0) is 0 Å². The molecule has 2 rings (SSSR count). The van der Waals surface area contributed by atoms with Gasteiger partial charge in [-0.05, 0) is 47.5 Å². The van der Waals surface area contributed by atoms with Gasteiger partial charge < -0.3 is 4.42 Å². The summed E-state index contributed by atoms with van der Waals surface area (Å²) in [6.07, 6.45) is 3.56. The third-order valence-electron chi connectivity index (χ3n) is 1.96. The van der Waals surface area contributed by atoms with Crippen LogP contribution in [0, 0.1) is 13.8 Å². The normalized spacial score (nSPS) is 10.6. The standard InChI is InChI=1S/C11H10BrNOS/c1-7-5-9(12)11(13-6-7)15-10-3-4-14-8(10)2/h3-6H,1-2H3. The zero-order valence-corrected chi connectivity index (χ0v) is 10.9. The predicted octanol–water partition coefficient (Wildman–Crippen LogP) is 4.21. The van der Waals surface area contributed by atoms with Gasteiger partial charge >= 0.3 is 0 Å². The minimum atomic E-state index is 0.925. The van der Waals surface area contributed by atoms with Crippen molar-refractivity contribution in [3.8, 4) is 0 Å². The molecular formula is C11H10BrNOS. The molecule has 2 nitrogen and oxygen atoms in total. The Morgan fingerprint density at radius 3 is 2.80 bits per heavy atom. The van der Waals surface area contributed by atoms with Gasteiger partial charge in [0.1, 0.15) is 10.8 Å². The molecule has 0 fully saturated rings. The van der Waals surface area contributed by atoms with E-state index in [-0.39, 0.29) is 0 Å². The molecule has 0 N–H and O–H groups in total. The molecule has 0 aliphatic carbocycles. The minimum absolute atomic E-state index is 0.925. The highest BCUT2D eigenvalue weighted by Gasteiger charge is 2.07. The highest BCUT2D eigenvalue weighted by molar-refractivity contribution is 9.10. The Hall–Kier alpha value is -0.740. The van der Waals surface area contributed by atoms with Crippen LogP contribution < -0.4 is 0 Å². The molecule has 0 saturated carbocycles. The van der Waals surface area contributed by atoms with E-state index in [4.69, 9.17) is 4.42 Å². The second-order valence-corrected chi connectivity index (χ2v) is 5.13. The van der Waals surface area contributed by atoms with Gasteiger partial charge in [-0.15, -0.1) is 0 Å². The lowest BCUT2D eigenvalue weighted by Crippen LogP contribution is -1.83. The van der Waals surface area contributed by atoms with Crippen LogP contribution in [-0.4, -0.2) is 4.98 Å². The second-order valence-electron chi connectivity index (χ2n) is 3.24. The summed E-state index contributed by atoms with van der Waals surface area (Å²) in [5.74, 6) is 0.925. The number of aryl methyl sites for hydroxylation is 2. The maximum absolute atomic E-state index is 5.24. The van der Waals surface area contributed by atoms with Gasteiger partial charge in [-0.3, -0.25) is 0 Å². The summed E-state index contributed by atoms with van der Waals surface area (Å²) < 4.78 is 6.26. The molecule has 0 bridgehead atoms. The lowest BCUT2D eigenvalue weighted by atomic mass is 10.3. The van der Waals surface area contributed by atoms with Crippen LogP contribution in [0.4, 0.5) is 0 Å². The smallest absolute Gasteiger partial charge is 0.115 e. The molecule has 15 heavy (non-hydrogen) atoms. The van der Waals surface area contributed by atoms with Crippen LogP contribution in [0.15, 0.2) is 43.4 Å². The van der Waals surface area contributed by atoms with Gasteiger partial charge in [-0.25, -0.2) is 4.98 Å². The van der Waals surface area contributed by atoms with Crippen LogP contribution in [0.5, 0.6) is 0 Å². The summed E-state index contributed by atoms with van der Waals surface area (Å²) in [5.41, 5.74) is 1.15. The van der Waals surface area contributed by atoms with Crippen LogP contribution in [0.3, 0.4) is 0 Å². The molecule has 2 heterocycles. The predicted molar refractivity (Wildman–Crippen MR) is 64.2 cm³/mol. The van der Waals surface area contributed by atoms with Gasteiger partial charge in [0.2, 0.25) is 0 Å². The molecule has 0 unspecified atom stereocenters. The van der Waals surface area contributed by atoms with Crippen LogP contribution >= 0.6 is 27.7 Å². The lowest BCUT2D eigenvalue weighted by molar-refractivity contribution is 0.527. The first-order valence-electron chi connectivity index (χ1n) is 4.51. The SMILES string of the molecule is Cc1cnc(Sc2ccoc2C)c(Br)c1. The number of hydrogen-bond donors (Lipinski definition) is 0. The Balaban J connectivity index is 2.29. The fourth-order valence-corrected chi connectivity index (χ4v) is 2.67. The van der Waals surface area contributed by atoms with E-state index in [9.17, 15) is 0 Å². The van der Waals surface area contributed by atoms with Gasteiger partial charge in [-0.2, -0.15) is 0 Å². The fourth-order valence-electron chi connectivity index (χ4n) is 1.18. The van der Waals surface area contributed by atoms with E-state index in [0.717, 1.165) is 25.7 Å². The number of nitrogens with zero attached hydrogens (tertiary/aromatic N) is 1. The van der Waals surface area contributed by atoms with E-state index in [0.29, 0.717) is 0 Å². The molecule has 0 saturated heterocycles. The van der Waals surface area contributed by atoms with Crippen molar-refractivity contribution >= 4 is 27.7 Å². The van der Waals surface area contributed by atoms with Crippen molar-refractivity contribution in [1.29, 1.82) is 0 Å². The molecular weight excluding hydrogens is 274 g/mol. The van der Waals surface area contributed by atoms with Gasteiger partial charge in [0, 0.05) is 6.20 Å². The zero-order chi connectivity index (χ0) is 10.8. The first-order chi connectivity index (χ1) is 7.16. The highest BCUT2D eigenvalue weighted by atomic mass is 79.9. The molecule has 2 aromatic rings. The average molecular weight is 284 g/mol. The number of furan rings is 1. The summed E-state index contributed by atoms with van der Waals surface area (Å²) >= 11 is 5.11. The Labute approximate surface area is 101 Å². The molecule has 0 spiro atoms. The van der Waals surface area contributed by atoms with Crippen LogP contribution in [0.1, 0.15) is 11.3 Å². The quantitative estimate of drug-likeness (QED) is 0.826. The molecule has 0 aliphatic rings. The summed E-state index contributed by atoms with van der Waals surface area (Å²) in [7, 11) is 0. The average Bonchev–Trinajstić information content (AvgIpc) is 2.57. The number of hydrogen-bond acceptors (Lipinski definition) is 3. The molecule has 0 radical (unpaired) electrons. The van der Waals surface area contributed by atoms with Crippen molar-refractivity contribution in [2.45, 2.75) is 23.8 Å². The first-order valence-corrected chi connectivity index (χ1v) is 6.12. The Bertz CT molecular complexity index is 481. The van der Waals surface area contributed by atoms with Crippen molar-refractivity contribution in [1.82, 2.24) is 4.98 Å². The van der Waals surface area contributed by atoms with Gasteiger partial charge in [-0.1, -0.05) is 11.8 Å². The third kappa shape index (κ3) is 2.44. The Morgan fingerprint density at radius 1 is 1.40 bits per heavy atom. The third-order valence-corrected chi connectivity index (χ3v) is 3.99. The van der Waals surface area contributed by atoms with Gasteiger partial charge in [0.05, 0.1) is 15.6 Å². The van der Waals surface area contributed by atoms with E-state index < -0.39 is 0 Å². The molecule has 0 aromatic carbocycles. The van der Waals surface area contributed by atoms with E-state index >= 15 is 0 Å². The van der Waals surface area contributed by atoms with Gasteiger partial charge in [0.15, 0.2) is 0 Å². The zero-order valence-electron chi connectivity index (χ0n) is 8.45. The maximum Gasteiger partial charge on any atom is 0.115 e. The van der Waals surface area contributed by atoms with Gasteiger partial charge in [0.25, 0.3) is 0 Å². The number of rotatable bonds is 2. The van der Waals surface area contributed by atoms with Crippen molar-refractivity contribution in [3.63, 3.8) is 0 Å². The summed E-state index contributed by atoms with van der Waals surface area (Å²) in [4.78, 5) is 5.47. The van der Waals surface area contributed by atoms with E-state index in [1.165, 1.54) is 0 Å². The highest BCUT2D eigenvalue weighted by Crippen LogP contribution is 2.34. The van der Waals surface area contributed by atoms with Crippen molar-refractivity contribution in [3.05, 3.63) is 40.4 Å². The van der Waals surface area contributed by atoms with Crippen LogP contribution in [0.25, 0.3) is 0 Å². The molecule has 2 aromatic heterocycles. The summed E-state index contributed by atoms with van der Waals surface area (Å²) in [6, 6.07) is 4.01. The Morgan fingerprint density at radius 2 is 2.20 bits per heavy atom.